The Kier molecular flexibility index (Phi) is 8.37. The van der Waals surface area contributed by atoms with Crippen LogP contribution >= 0.6 is 11.6 Å². The molecule has 1 aliphatic rings. The monoisotopic (exact) mass is 483 g/mol. The van der Waals surface area contributed by atoms with Crippen molar-refractivity contribution < 1.29 is 14.9 Å². The van der Waals surface area contributed by atoms with E-state index in [0.717, 1.165) is 68.2 Å². The average Bonchev–Trinajstić information content (AvgIpc) is 2.88. The van der Waals surface area contributed by atoms with Gasteiger partial charge in [-0.25, -0.2) is 0 Å². The number of aromatic nitrogens is 2. The first kappa shape index (κ1) is 24.9. The van der Waals surface area contributed by atoms with Gasteiger partial charge in [-0.05, 0) is 93.8 Å². The molecular weight excluding hydrogens is 450 g/mol. The van der Waals surface area contributed by atoms with E-state index in [1.165, 1.54) is 0 Å². The molecule has 2 atom stereocenters. The van der Waals surface area contributed by atoms with E-state index in [9.17, 15) is 10.2 Å². The quantitative estimate of drug-likeness (QED) is 0.381. The van der Waals surface area contributed by atoms with E-state index in [2.05, 4.69) is 15.3 Å². The van der Waals surface area contributed by atoms with Crippen molar-refractivity contribution in [3.63, 3.8) is 0 Å². The Labute approximate surface area is 206 Å². The standard InChI is InChI=1S/C27H34ClN3O3/c1-34-20-8-9-23-21(17-20)26(22(28)18-31-23)24(32)10-11-27(12-15-29-16-13-27)25(33)7-4-6-19-5-2-3-14-30-19/h2-3,5,8-9,14,17-18,24-25,29,32-33H,4,6-7,10-13,15-16H2,1H3/t24-,25+/m1/s1. The van der Waals surface area contributed by atoms with Crippen LogP contribution in [0.25, 0.3) is 10.9 Å². The molecule has 0 radical (unpaired) electrons. The Balaban J connectivity index is 1.47. The number of hydrogen-bond acceptors (Lipinski definition) is 6. The molecule has 4 rings (SSSR count). The molecule has 0 bridgehead atoms. The zero-order valence-electron chi connectivity index (χ0n) is 19.7. The molecule has 34 heavy (non-hydrogen) atoms. The Hall–Kier alpha value is -2.25. The summed E-state index contributed by atoms with van der Waals surface area (Å²) in [5.41, 5.74) is 2.28. The predicted octanol–water partition coefficient (Wildman–Crippen LogP) is 4.86. The van der Waals surface area contributed by atoms with Gasteiger partial charge in [0.15, 0.2) is 0 Å². The van der Waals surface area contributed by atoms with Gasteiger partial charge in [0.25, 0.3) is 0 Å². The number of nitrogens with one attached hydrogen (secondary N) is 1. The van der Waals surface area contributed by atoms with Crippen molar-refractivity contribution >= 4 is 22.5 Å². The number of piperidine rings is 1. The summed E-state index contributed by atoms with van der Waals surface area (Å²) >= 11 is 6.51. The largest absolute Gasteiger partial charge is 0.497 e. The third-order valence-corrected chi connectivity index (χ3v) is 7.56. The summed E-state index contributed by atoms with van der Waals surface area (Å²) in [5, 5.41) is 27.2. The van der Waals surface area contributed by atoms with Crippen molar-refractivity contribution in [2.24, 2.45) is 5.41 Å². The summed E-state index contributed by atoms with van der Waals surface area (Å²) in [5.74, 6) is 0.697. The molecule has 3 N–H and O–H groups in total. The van der Waals surface area contributed by atoms with Gasteiger partial charge in [0.05, 0.1) is 29.9 Å². The summed E-state index contributed by atoms with van der Waals surface area (Å²) < 4.78 is 5.37. The van der Waals surface area contributed by atoms with Crippen LogP contribution in [0.4, 0.5) is 0 Å². The van der Waals surface area contributed by atoms with E-state index in [-0.39, 0.29) is 5.41 Å². The van der Waals surface area contributed by atoms with Crippen molar-refractivity contribution in [3.8, 4) is 5.75 Å². The van der Waals surface area contributed by atoms with E-state index >= 15 is 0 Å². The van der Waals surface area contributed by atoms with Gasteiger partial charge in [0.1, 0.15) is 5.75 Å². The Morgan fingerprint density at radius 2 is 1.94 bits per heavy atom. The number of aryl methyl sites for hydroxylation is 1. The van der Waals surface area contributed by atoms with Crippen LogP contribution in [0.2, 0.25) is 5.02 Å². The van der Waals surface area contributed by atoms with Crippen LogP contribution in [0, 0.1) is 5.41 Å². The molecule has 6 nitrogen and oxygen atoms in total. The lowest BCUT2D eigenvalue weighted by Crippen LogP contribution is -2.44. The number of ether oxygens (including phenoxy) is 1. The summed E-state index contributed by atoms with van der Waals surface area (Å²) in [6, 6.07) is 11.5. The van der Waals surface area contributed by atoms with Crippen molar-refractivity contribution in [1.82, 2.24) is 15.3 Å². The first-order valence-corrected chi connectivity index (χ1v) is 12.5. The molecule has 0 saturated carbocycles. The van der Waals surface area contributed by atoms with Gasteiger partial charge in [-0.1, -0.05) is 17.7 Å². The number of aliphatic hydroxyl groups is 2. The molecule has 2 aromatic heterocycles. The number of pyridine rings is 2. The molecule has 0 unspecified atom stereocenters. The highest BCUT2D eigenvalue weighted by atomic mass is 35.5. The van der Waals surface area contributed by atoms with E-state index < -0.39 is 12.2 Å². The van der Waals surface area contributed by atoms with E-state index in [4.69, 9.17) is 16.3 Å². The Bertz CT molecular complexity index is 1070. The topological polar surface area (TPSA) is 87.5 Å². The summed E-state index contributed by atoms with van der Waals surface area (Å²) in [6.07, 6.45) is 7.74. The highest BCUT2D eigenvalue weighted by Gasteiger charge is 2.39. The molecule has 7 heteroatoms. The molecule has 1 aliphatic heterocycles. The third kappa shape index (κ3) is 5.69. The molecule has 1 fully saturated rings. The van der Waals surface area contributed by atoms with Gasteiger partial charge in [0, 0.05) is 29.0 Å². The van der Waals surface area contributed by atoms with Gasteiger partial charge < -0.3 is 20.3 Å². The minimum Gasteiger partial charge on any atom is -0.497 e. The molecular formula is C27H34ClN3O3. The normalized spacial score (nSPS) is 17.4. The molecule has 0 spiro atoms. The van der Waals surface area contributed by atoms with Crippen molar-refractivity contribution in [2.75, 3.05) is 20.2 Å². The van der Waals surface area contributed by atoms with Crippen LogP contribution in [0.5, 0.6) is 5.75 Å². The first-order chi connectivity index (χ1) is 16.5. The second-order valence-electron chi connectivity index (χ2n) is 9.30. The minimum absolute atomic E-state index is 0.219. The molecule has 0 aliphatic carbocycles. The van der Waals surface area contributed by atoms with Crippen LogP contribution in [0.15, 0.2) is 48.8 Å². The molecule has 3 heterocycles. The van der Waals surface area contributed by atoms with Gasteiger partial charge >= 0.3 is 0 Å². The number of methoxy groups -OCH3 is 1. The van der Waals surface area contributed by atoms with Gasteiger partial charge in [-0.15, -0.1) is 0 Å². The van der Waals surface area contributed by atoms with E-state index in [0.29, 0.717) is 22.8 Å². The number of nitrogens with zero attached hydrogens (tertiary/aromatic N) is 2. The number of benzene rings is 1. The molecule has 0 amide bonds. The highest BCUT2D eigenvalue weighted by molar-refractivity contribution is 6.32. The van der Waals surface area contributed by atoms with Crippen LogP contribution in [-0.2, 0) is 6.42 Å². The SMILES string of the molecule is COc1ccc2ncc(Cl)c([C@H](O)CCC3([C@@H](O)CCCc4ccccn4)CCNCC3)c2c1. The van der Waals surface area contributed by atoms with E-state index in [1.807, 2.05) is 42.6 Å². The third-order valence-electron chi connectivity index (χ3n) is 7.26. The van der Waals surface area contributed by atoms with Crippen LogP contribution in [0.1, 0.15) is 55.9 Å². The van der Waals surface area contributed by atoms with Crippen LogP contribution < -0.4 is 10.1 Å². The predicted molar refractivity (Wildman–Crippen MR) is 135 cm³/mol. The molecule has 182 valence electrons. The number of fused-ring (bicyclic) bond motifs is 1. The van der Waals surface area contributed by atoms with Crippen molar-refractivity contribution in [3.05, 3.63) is 65.1 Å². The summed E-state index contributed by atoms with van der Waals surface area (Å²) in [4.78, 5) is 8.79. The van der Waals surface area contributed by atoms with Gasteiger partial charge in [-0.3, -0.25) is 9.97 Å². The van der Waals surface area contributed by atoms with Crippen LogP contribution in [0.3, 0.4) is 0 Å². The maximum Gasteiger partial charge on any atom is 0.119 e. The summed E-state index contributed by atoms with van der Waals surface area (Å²) in [6.45, 7) is 1.76. The van der Waals surface area contributed by atoms with Gasteiger partial charge in [-0.2, -0.15) is 0 Å². The lowest BCUT2D eigenvalue weighted by molar-refractivity contribution is -0.0209. The maximum absolute atomic E-state index is 11.3. The Morgan fingerprint density at radius 3 is 2.68 bits per heavy atom. The lowest BCUT2D eigenvalue weighted by Gasteiger charge is -2.42. The lowest BCUT2D eigenvalue weighted by atomic mass is 9.69. The fourth-order valence-electron chi connectivity index (χ4n) is 5.21. The number of rotatable bonds is 10. The minimum atomic E-state index is -0.752. The van der Waals surface area contributed by atoms with E-state index in [1.54, 1.807) is 13.3 Å². The van der Waals surface area contributed by atoms with Crippen molar-refractivity contribution in [1.29, 1.82) is 0 Å². The average molecular weight is 484 g/mol. The second-order valence-corrected chi connectivity index (χ2v) is 9.71. The number of halogens is 1. The highest BCUT2D eigenvalue weighted by Crippen LogP contribution is 2.43. The first-order valence-electron chi connectivity index (χ1n) is 12.1. The zero-order valence-corrected chi connectivity index (χ0v) is 20.5. The molecule has 3 aromatic rings. The zero-order chi connectivity index (χ0) is 24.0. The van der Waals surface area contributed by atoms with Crippen molar-refractivity contribution in [2.45, 2.75) is 57.2 Å². The number of aliphatic hydroxyl groups excluding tert-OH is 2. The second kappa shape index (κ2) is 11.5. The van der Waals surface area contributed by atoms with Crippen LogP contribution in [-0.4, -0.2) is 46.5 Å². The number of hydrogen-bond donors (Lipinski definition) is 3. The molecule has 1 saturated heterocycles. The molecule has 1 aromatic carbocycles. The fourth-order valence-corrected chi connectivity index (χ4v) is 5.48. The Morgan fingerprint density at radius 1 is 1.12 bits per heavy atom. The van der Waals surface area contributed by atoms with Gasteiger partial charge in [0.2, 0.25) is 0 Å². The maximum atomic E-state index is 11.3. The summed E-state index contributed by atoms with van der Waals surface area (Å²) in [7, 11) is 1.62. The smallest absolute Gasteiger partial charge is 0.119 e. The fraction of sp³-hybridized carbons (Fsp3) is 0.481.